The van der Waals surface area contributed by atoms with E-state index in [4.69, 9.17) is 16.0 Å². The average molecular weight is 371 g/mol. The lowest BCUT2D eigenvalue weighted by Gasteiger charge is -2.35. The smallest absolute Gasteiger partial charge is 0.249 e. The van der Waals surface area contributed by atoms with Gasteiger partial charge in [-0.25, -0.2) is 0 Å². The summed E-state index contributed by atoms with van der Waals surface area (Å²) in [6.07, 6.45) is 0. The van der Waals surface area contributed by atoms with Gasteiger partial charge in [0, 0.05) is 26.2 Å². The first-order valence-electron chi connectivity index (χ1n) is 8.53. The van der Waals surface area contributed by atoms with Crippen LogP contribution in [0.1, 0.15) is 5.89 Å². The molecule has 1 N–H and O–H groups in total. The zero-order chi connectivity index (χ0) is 17.9. The third-order valence-corrected chi connectivity index (χ3v) is 4.85. The van der Waals surface area contributed by atoms with Gasteiger partial charge >= 0.3 is 0 Å². The predicted molar refractivity (Wildman–Crippen MR) is 100 cm³/mol. The molecule has 7 heteroatoms. The van der Waals surface area contributed by atoms with E-state index in [9.17, 15) is 5.11 Å². The van der Waals surface area contributed by atoms with Gasteiger partial charge in [0.1, 0.15) is 5.75 Å². The summed E-state index contributed by atoms with van der Waals surface area (Å²) < 4.78 is 5.78. The average Bonchev–Trinajstić information content (AvgIpc) is 3.11. The van der Waals surface area contributed by atoms with Gasteiger partial charge in [0.15, 0.2) is 0 Å². The predicted octanol–water partition coefficient (Wildman–Crippen LogP) is 3.42. The van der Waals surface area contributed by atoms with E-state index in [1.165, 1.54) is 0 Å². The third kappa shape index (κ3) is 3.52. The molecule has 3 aromatic rings. The van der Waals surface area contributed by atoms with Gasteiger partial charge in [-0.05, 0) is 24.3 Å². The van der Waals surface area contributed by atoms with Gasteiger partial charge in [-0.2, -0.15) is 0 Å². The minimum Gasteiger partial charge on any atom is -0.506 e. The number of anilines is 1. The largest absolute Gasteiger partial charge is 0.506 e. The number of hydrogen-bond acceptors (Lipinski definition) is 6. The first kappa shape index (κ1) is 16.9. The van der Waals surface area contributed by atoms with E-state index in [-0.39, 0.29) is 0 Å². The summed E-state index contributed by atoms with van der Waals surface area (Å²) in [5, 5.41) is 18.9. The lowest BCUT2D eigenvalue weighted by atomic mass is 10.2. The van der Waals surface area contributed by atoms with Crippen LogP contribution in [0.5, 0.6) is 5.75 Å². The van der Waals surface area contributed by atoms with Crippen LogP contribution in [0.3, 0.4) is 0 Å². The second kappa shape index (κ2) is 7.35. The summed E-state index contributed by atoms with van der Waals surface area (Å²) in [5.74, 6) is 1.34. The van der Waals surface area contributed by atoms with Crippen molar-refractivity contribution in [2.45, 2.75) is 6.54 Å². The van der Waals surface area contributed by atoms with Crippen molar-refractivity contribution in [2.24, 2.45) is 0 Å². The van der Waals surface area contributed by atoms with Crippen molar-refractivity contribution in [3.63, 3.8) is 0 Å². The van der Waals surface area contributed by atoms with Crippen molar-refractivity contribution >= 4 is 17.3 Å². The maximum atomic E-state index is 10.00. The van der Waals surface area contributed by atoms with Crippen LogP contribution < -0.4 is 4.90 Å². The Morgan fingerprint density at radius 2 is 1.69 bits per heavy atom. The molecule has 134 valence electrons. The van der Waals surface area contributed by atoms with E-state index >= 15 is 0 Å². The van der Waals surface area contributed by atoms with Gasteiger partial charge in [-0.15, -0.1) is 10.2 Å². The molecule has 0 amide bonds. The molecule has 0 atom stereocenters. The van der Waals surface area contributed by atoms with E-state index in [2.05, 4.69) is 20.0 Å². The lowest BCUT2D eigenvalue weighted by Crippen LogP contribution is -2.46. The van der Waals surface area contributed by atoms with Crippen LogP contribution in [0.4, 0.5) is 5.69 Å². The maximum absolute atomic E-state index is 10.00. The van der Waals surface area contributed by atoms with Gasteiger partial charge in [0.05, 0.1) is 22.8 Å². The first-order valence-corrected chi connectivity index (χ1v) is 8.91. The van der Waals surface area contributed by atoms with Crippen LogP contribution in [0.2, 0.25) is 5.02 Å². The summed E-state index contributed by atoms with van der Waals surface area (Å²) in [6.45, 7) is 3.99. The Bertz CT molecular complexity index is 891. The number of nitrogens with zero attached hydrogens (tertiary/aromatic N) is 4. The molecule has 0 radical (unpaired) electrons. The van der Waals surface area contributed by atoms with Crippen LogP contribution >= 0.6 is 11.6 Å². The van der Waals surface area contributed by atoms with Crippen molar-refractivity contribution in [3.8, 4) is 17.2 Å². The van der Waals surface area contributed by atoms with Gasteiger partial charge in [0.25, 0.3) is 0 Å². The molecule has 2 aromatic carbocycles. The van der Waals surface area contributed by atoms with Crippen molar-refractivity contribution in [3.05, 3.63) is 59.4 Å². The molecule has 0 spiro atoms. The normalized spacial score (nSPS) is 15.3. The van der Waals surface area contributed by atoms with E-state index in [0.29, 0.717) is 29.1 Å². The number of piperazine rings is 1. The standard InChI is InChI=1S/C19H19ClN4O2/c20-15-6-2-1-5-14(15)19-22-21-18(26-19)13-23-9-11-24(12-10-23)16-7-3-4-8-17(16)25/h1-8,25H,9-13H2. The highest BCUT2D eigenvalue weighted by Crippen LogP contribution is 2.28. The van der Waals surface area contributed by atoms with Crippen molar-refractivity contribution < 1.29 is 9.52 Å². The Labute approximate surface area is 156 Å². The van der Waals surface area contributed by atoms with Crippen LogP contribution in [0.25, 0.3) is 11.5 Å². The highest BCUT2D eigenvalue weighted by molar-refractivity contribution is 6.33. The van der Waals surface area contributed by atoms with Crippen LogP contribution in [-0.4, -0.2) is 46.4 Å². The van der Waals surface area contributed by atoms with Gasteiger partial charge < -0.3 is 14.4 Å². The number of hydrogen-bond donors (Lipinski definition) is 1. The molecule has 0 aliphatic carbocycles. The quantitative estimate of drug-likeness (QED) is 0.759. The fourth-order valence-corrected chi connectivity index (χ4v) is 3.35. The van der Waals surface area contributed by atoms with Gasteiger partial charge in [-0.3, -0.25) is 4.90 Å². The van der Waals surface area contributed by atoms with Gasteiger partial charge in [-0.1, -0.05) is 35.9 Å². The Kier molecular flexibility index (Phi) is 4.77. The molecular weight excluding hydrogens is 352 g/mol. The fourth-order valence-electron chi connectivity index (χ4n) is 3.13. The number of halogens is 1. The maximum Gasteiger partial charge on any atom is 0.249 e. The number of phenolic OH excluding ortho intramolecular Hbond substituents is 1. The SMILES string of the molecule is Oc1ccccc1N1CCN(Cc2nnc(-c3ccccc3Cl)o2)CC1. The molecule has 6 nitrogen and oxygen atoms in total. The second-order valence-electron chi connectivity index (χ2n) is 6.23. The Morgan fingerprint density at radius 1 is 0.962 bits per heavy atom. The summed E-state index contributed by atoms with van der Waals surface area (Å²) in [6, 6.07) is 14.9. The third-order valence-electron chi connectivity index (χ3n) is 4.52. The number of aromatic hydroxyl groups is 1. The molecular formula is C19H19ClN4O2. The molecule has 2 heterocycles. The highest BCUT2D eigenvalue weighted by atomic mass is 35.5. The molecule has 26 heavy (non-hydrogen) atoms. The molecule has 0 bridgehead atoms. The zero-order valence-electron chi connectivity index (χ0n) is 14.2. The van der Waals surface area contributed by atoms with Crippen LogP contribution in [0.15, 0.2) is 52.9 Å². The number of benzene rings is 2. The number of phenols is 1. The number of rotatable bonds is 4. The topological polar surface area (TPSA) is 65.6 Å². The van der Waals surface area contributed by atoms with Crippen LogP contribution in [-0.2, 0) is 6.54 Å². The summed E-state index contributed by atoms with van der Waals surface area (Å²) in [7, 11) is 0. The Morgan fingerprint density at radius 3 is 2.46 bits per heavy atom. The van der Waals surface area contributed by atoms with E-state index in [0.717, 1.165) is 37.4 Å². The molecule has 1 aromatic heterocycles. The van der Waals surface area contributed by atoms with E-state index in [1.807, 2.05) is 36.4 Å². The number of para-hydroxylation sites is 2. The van der Waals surface area contributed by atoms with Gasteiger partial charge in [0.2, 0.25) is 11.8 Å². The fraction of sp³-hybridized carbons (Fsp3) is 0.263. The molecule has 1 fully saturated rings. The molecule has 1 aliphatic heterocycles. The molecule has 4 rings (SSSR count). The summed E-state index contributed by atoms with van der Waals surface area (Å²) in [5.41, 5.74) is 1.63. The minimum absolute atomic E-state index is 0.322. The first-order chi connectivity index (χ1) is 12.7. The number of aromatic nitrogens is 2. The Hall–Kier alpha value is -2.57. The highest BCUT2D eigenvalue weighted by Gasteiger charge is 2.21. The molecule has 0 unspecified atom stereocenters. The summed E-state index contributed by atoms with van der Waals surface area (Å²) in [4.78, 5) is 4.45. The second-order valence-corrected chi connectivity index (χ2v) is 6.64. The van der Waals surface area contributed by atoms with Crippen molar-refractivity contribution in [1.82, 2.24) is 15.1 Å². The van der Waals surface area contributed by atoms with Crippen molar-refractivity contribution in [2.75, 3.05) is 31.1 Å². The molecule has 1 aliphatic rings. The molecule has 0 saturated carbocycles. The summed E-state index contributed by atoms with van der Waals surface area (Å²) >= 11 is 6.18. The van der Waals surface area contributed by atoms with Crippen molar-refractivity contribution in [1.29, 1.82) is 0 Å². The zero-order valence-corrected chi connectivity index (χ0v) is 14.9. The van der Waals surface area contributed by atoms with E-state index in [1.54, 1.807) is 12.1 Å². The van der Waals surface area contributed by atoms with E-state index < -0.39 is 0 Å². The Balaban J connectivity index is 1.38. The monoisotopic (exact) mass is 370 g/mol. The van der Waals surface area contributed by atoms with Crippen LogP contribution in [0, 0.1) is 0 Å². The minimum atomic E-state index is 0.322. The molecule has 1 saturated heterocycles. The lowest BCUT2D eigenvalue weighted by molar-refractivity contribution is 0.226.